The van der Waals surface area contributed by atoms with Gasteiger partial charge < -0.3 is 10.1 Å². The number of sulfonamides is 1. The summed E-state index contributed by atoms with van der Waals surface area (Å²) in [6.07, 6.45) is 2.10. The molecule has 1 amide bonds. The van der Waals surface area contributed by atoms with Crippen LogP contribution in [0.3, 0.4) is 0 Å². The van der Waals surface area contributed by atoms with Crippen molar-refractivity contribution >= 4 is 43.0 Å². The zero-order chi connectivity index (χ0) is 22.0. The first-order valence-electron chi connectivity index (χ1n) is 10.4. The van der Waals surface area contributed by atoms with Crippen molar-refractivity contribution in [3.63, 3.8) is 0 Å². The monoisotopic (exact) mass is 458 g/mol. The summed E-state index contributed by atoms with van der Waals surface area (Å²) in [6.45, 7) is 5.31. The molecule has 1 aliphatic heterocycles. The van der Waals surface area contributed by atoms with E-state index in [1.807, 2.05) is 32.0 Å². The molecule has 1 aliphatic rings. The van der Waals surface area contributed by atoms with Gasteiger partial charge in [-0.15, -0.1) is 11.3 Å². The van der Waals surface area contributed by atoms with E-state index < -0.39 is 10.0 Å². The van der Waals surface area contributed by atoms with Crippen molar-refractivity contribution in [3.8, 4) is 0 Å². The van der Waals surface area contributed by atoms with E-state index in [1.54, 1.807) is 30.3 Å². The molecule has 3 aromatic rings. The van der Waals surface area contributed by atoms with Crippen LogP contribution >= 0.6 is 11.3 Å². The predicted molar refractivity (Wildman–Crippen MR) is 125 cm³/mol. The van der Waals surface area contributed by atoms with E-state index in [0.29, 0.717) is 23.7 Å². The molecule has 2 heterocycles. The summed E-state index contributed by atoms with van der Waals surface area (Å²) >= 11 is 1.40. The second-order valence-corrected chi connectivity index (χ2v) is 10.6. The number of nitrogens with zero attached hydrogens (tertiary/aromatic N) is 1. The van der Waals surface area contributed by atoms with Gasteiger partial charge in [0, 0.05) is 24.4 Å². The Labute approximate surface area is 186 Å². The van der Waals surface area contributed by atoms with Crippen molar-refractivity contribution in [1.82, 2.24) is 5.32 Å². The molecule has 0 bridgehead atoms. The zero-order valence-corrected chi connectivity index (χ0v) is 19.3. The van der Waals surface area contributed by atoms with Gasteiger partial charge >= 0.3 is 0 Å². The minimum Gasteiger partial charge on any atom is -0.376 e. The van der Waals surface area contributed by atoms with Crippen molar-refractivity contribution in [2.24, 2.45) is 0 Å². The van der Waals surface area contributed by atoms with Crippen LogP contribution in [0.1, 0.15) is 35.0 Å². The largest absolute Gasteiger partial charge is 0.376 e. The average molecular weight is 459 g/mol. The normalized spacial score (nSPS) is 16.5. The van der Waals surface area contributed by atoms with Gasteiger partial charge in [-0.3, -0.25) is 9.10 Å². The molecule has 8 heteroatoms. The van der Waals surface area contributed by atoms with Crippen molar-refractivity contribution in [2.75, 3.05) is 24.0 Å². The summed E-state index contributed by atoms with van der Waals surface area (Å²) < 4.78 is 34.3. The van der Waals surface area contributed by atoms with Gasteiger partial charge in [0.2, 0.25) is 0 Å². The number of carbonyl (C=O) groups is 1. The van der Waals surface area contributed by atoms with Crippen LogP contribution in [-0.2, 0) is 14.8 Å². The number of anilines is 1. The smallest absolute Gasteiger partial charge is 0.264 e. The molecule has 2 aromatic carbocycles. The Morgan fingerprint density at radius 3 is 2.65 bits per heavy atom. The van der Waals surface area contributed by atoms with Crippen LogP contribution in [0.5, 0.6) is 0 Å². The molecule has 1 N–H and O–H groups in total. The molecule has 1 atom stereocenters. The molecule has 164 valence electrons. The van der Waals surface area contributed by atoms with Crippen LogP contribution in [-0.4, -0.2) is 40.1 Å². The molecule has 0 aliphatic carbocycles. The number of aryl methyl sites for hydroxylation is 1. The highest BCUT2D eigenvalue weighted by Gasteiger charge is 2.24. The summed E-state index contributed by atoms with van der Waals surface area (Å²) in [5, 5.41) is 3.79. The minimum absolute atomic E-state index is 0.0926. The van der Waals surface area contributed by atoms with Crippen molar-refractivity contribution in [2.45, 2.75) is 37.7 Å². The maximum atomic E-state index is 13.2. The highest BCUT2D eigenvalue weighted by atomic mass is 32.2. The van der Waals surface area contributed by atoms with Gasteiger partial charge in [-0.05, 0) is 68.5 Å². The van der Waals surface area contributed by atoms with E-state index in [1.165, 1.54) is 15.6 Å². The van der Waals surface area contributed by atoms with Crippen molar-refractivity contribution < 1.29 is 17.9 Å². The van der Waals surface area contributed by atoms with E-state index in [0.717, 1.165) is 35.1 Å². The molecule has 4 rings (SSSR count). The molecule has 1 unspecified atom stereocenters. The topological polar surface area (TPSA) is 75.7 Å². The fourth-order valence-corrected chi connectivity index (χ4v) is 6.15. The number of nitrogens with one attached hydrogen (secondary N) is 1. The standard InChI is InChI=1S/C23H26N2O4S2/c1-3-25(31(27,28)20-9-6-16(2)7-10-20)18-8-11-21-17(13-18)14-22(30-21)23(26)24-15-19-5-4-12-29-19/h6-11,13-14,19H,3-5,12,15H2,1-2H3,(H,24,26). The summed E-state index contributed by atoms with van der Waals surface area (Å²) in [7, 11) is -3.67. The highest BCUT2D eigenvalue weighted by molar-refractivity contribution is 7.92. The molecule has 31 heavy (non-hydrogen) atoms. The van der Waals surface area contributed by atoms with Crippen LogP contribution in [0.25, 0.3) is 10.1 Å². The summed E-state index contributed by atoms with van der Waals surface area (Å²) in [6, 6.07) is 14.2. The average Bonchev–Trinajstić information content (AvgIpc) is 3.42. The first-order valence-corrected chi connectivity index (χ1v) is 12.7. The number of fused-ring (bicyclic) bond motifs is 1. The number of benzene rings is 2. The summed E-state index contributed by atoms with van der Waals surface area (Å²) in [5.74, 6) is -0.127. The van der Waals surface area contributed by atoms with E-state index in [2.05, 4.69) is 5.32 Å². The number of hydrogen-bond acceptors (Lipinski definition) is 5. The second-order valence-electron chi connectivity index (χ2n) is 7.66. The molecule has 0 radical (unpaired) electrons. The predicted octanol–water partition coefficient (Wildman–Crippen LogP) is 4.33. The molecule has 1 saturated heterocycles. The maximum Gasteiger partial charge on any atom is 0.264 e. The van der Waals surface area contributed by atoms with Gasteiger partial charge in [0.25, 0.3) is 15.9 Å². The second kappa shape index (κ2) is 8.98. The Bertz CT molecular complexity index is 1180. The Hall–Kier alpha value is -2.42. The number of amides is 1. The van der Waals surface area contributed by atoms with Gasteiger partial charge in [-0.2, -0.15) is 0 Å². The minimum atomic E-state index is -3.67. The molecule has 6 nitrogen and oxygen atoms in total. The number of carbonyl (C=O) groups excluding carboxylic acids is 1. The van der Waals surface area contributed by atoms with Crippen LogP contribution < -0.4 is 9.62 Å². The Morgan fingerprint density at radius 2 is 1.97 bits per heavy atom. The quantitative estimate of drug-likeness (QED) is 0.572. The van der Waals surface area contributed by atoms with Gasteiger partial charge in [0.05, 0.1) is 21.6 Å². The fourth-order valence-electron chi connectivity index (χ4n) is 3.73. The highest BCUT2D eigenvalue weighted by Crippen LogP contribution is 2.32. The maximum absolute atomic E-state index is 13.2. The first kappa shape index (κ1) is 21.8. The molecule has 1 fully saturated rings. The number of thiophene rings is 1. The molecule has 0 spiro atoms. The lowest BCUT2D eigenvalue weighted by Crippen LogP contribution is -2.31. The number of rotatable bonds is 7. The van der Waals surface area contributed by atoms with Gasteiger partial charge in [0.1, 0.15) is 0 Å². The Morgan fingerprint density at radius 1 is 1.19 bits per heavy atom. The van der Waals surface area contributed by atoms with Crippen LogP contribution in [0.4, 0.5) is 5.69 Å². The lowest BCUT2D eigenvalue weighted by molar-refractivity contribution is 0.0861. The lowest BCUT2D eigenvalue weighted by Gasteiger charge is -2.23. The van der Waals surface area contributed by atoms with E-state index >= 15 is 0 Å². The van der Waals surface area contributed by atoms with Crippen LogP contribution in [0, 0.1) is 6.92 Å². The summed E-state index contributed by atoms with van der Waals surface area (Å²) in [4.78, 5) is 13.4. The summed E-state index contributed by atoms with van der Waals surface area (Å²) in [5.41, 5.74) is 1.59. The van der Waals surface area contributed by atoms with Gasteiger partial charge in [-0.25, -0.2) is 8.42 Å². The zero-order valence-electron chi connectivity index (χ0n) is 17.6. The van der Waals surface area contributed by atoms with Gasteiger partial charge in [-0.1, -0.05) is 17.7 Å². The fraction of sp³-hybridized carbons (Fsp3) is 0.348. The van der Waals surface area contributed by atoms with E-state index in [-0.39, 0.29) is 16.9 Å². The number of hydrogen-bond donors (Lipinski definition) is 1. The Kier molecular flexibility index (Phi) is 6.31. The number of ether oxygens (including phenoxy) is 1. The molecule has 1 aromatic heterocycles. The first-order chi connectivity index (χ1) is 14.9. The SMILES string of the molecule is CCN(c1ccc2sc(C(=O)NCC3CCCO3)cc2c1)S(=O)(=O)c1ccc(C)cc1. The third-order valence-electron chi connectivity index (χ3n) is 5.42. The molecule has 0 saturated carbocycles. The van der Waals surface area contributed by atoms with E-state index in [4.69, 9.17) is 4.74 Å². The van der Waals surface area contributed by atoms with E-state index in [9.17, 15) is 13.2 Å². The van der Waals surface area contributed by atoms with Crippen LogP contribution in [0.15, 0.2) is 53.4 Å². The Balaban J connectivity index is 1.57. The van der Waals surface area contributed by atoms with Crippen molar-refractivity contribution in [3.05, 3.63) is 59.0 Å². The lowest BCUT2D eigenvalue weighted by atomic mass is 10.2. The molecular weight excluding hydrogens is 432 g/mol. The van der Waals surface area contributed by atoms with Gasteiger partial charge in [0.15, 0.2) is 0 Å². The van der Waals surface area contributed by atoms with Crippen LogP contribution in [0.2, 0.25) is 0 Å². The molecular formula is C23H26N2O4S2. The third-order valence-corrected chi connectivity index (χ3v) is 8.45. The third kappa shape index (κ3) is 4.61. The van der Waals surface area contributed by atoms with Crippen molar-refractivity contribution in [1.29, 1.82) is 0 Å².